The molecule has 0 bridgehead atoms. The molecule has 1 fully saturated rings. The third-order valence-electron chi connectivity index (χ3n) is 3.98. The zero-order valence-electron chi connectivity index (χ0n) is 10.8. The van der Waals surface area contributed by atoms with Gasteiger partial charge in [0.25, 0.3) is 5.56 Å². The molecular formula is C13H16N2O4. The largest absolute Gasteiger partial charge is 0.501 e. The number of hydrogen-bond acceptors (Lipinski definition) is 5. The fourth-order valence-corrected chi connectivity index (χ4v) is 2.81. The molecule has 0 unspecified atom stereocenters. The second kappa shape index (κ2) is 4.08. The van der Waals surface area contributed by atoms with E-state index < -0.39 is 17.3 Å². The van der Waals surface area contributed by atoms with Gasteiger partial charge in [-0.05, 0) is 32.6 Å². The van der Waals surface area contributed by atoms with Crippen molar-refractivity contribution < 1.29 is 14.6 Å². The number of aromatic hydroxyl groups is 1. The van der Waals surface area contributed by atoms with Crippen molar-refractivity contribution in [2.24, 2.45) is 0 Å². The lowest BCUT2D eigenvalue weighted by atomic mass is 9.95. The van der Waals surface area contributed by atoms with E-state index in [2.05, 4.69) is 4.98 Å². The van der Waals surface area contributed by atoms with Crippen LogP contribution >= 0.6 is 0 Å². The summed E-state index contributed by atoms with van der Waals surface area (Å²) in [7, 11) is 0. The van der Waals surface area contributed by atoms with Crippen LogP contribution in [0.3, 0.4) is 0 Å². The molecule has 0 saturated heterocycles. The molecule has 19 heavy (non-hydrogen) atoms. The predicted octanol–water partition coefficient (Wildman–Crippen LogP) is 0.951. The van der Waals surface area contributed by atoms with Crippen LogP contribution in [-0.2, 0) is 16.7 Å². The fourth-order valence-electron chi connectivity index (χ4n) is 2.81. The molecule has 0 amide bonds. The second-order valence-corrected chi connectivity index (χ2v) is 5.19. The van der Waals surface area contributed by atoms with Crippen LogP contribution in [0.5, 0.6) is 5.75 Å². The molecule has 1 aliphatic heterocycles. The van der Waals surface area contributed by atoms with E-state index in [1.54, 1.807) is 6.92 Å². The summed E-state index contributed by atoms with van der Waals surface area (Å²) < 4.78 is 6.34. The SMILES string of the molecule is CCOC(=O)c1nc2n(c(=O)c1O)CCCC21CC1. The standard InChI is InChI=1S/C13H16N2O4/c1-2-19-11(18)8-9(16)10(17)15-7-3-4-13(5-6-13)12(15)14-8/h16H,2-7H2,1H3. The lowest BCUT2D eigenvalue weighted by molar-refractivity contribution is 0.0513. The number of hydrogen-bond donors (Lipinski definition) is 1. The third kappa shape index (κ3) is 1.74. The normalized spacial score (nSPS) is 19.0. The number of rotatable bonds is 2. The second-order valence-electron chi connectivity index (χ2n) is 5.19. The molecule has 6 nitrogen and oxygen atoms in total. The number of carbonyl (C=O) groups excluding carboxylic acids is 1. The van der Waals surface area contributed by atoms with Crippen molar-refractivity contribution in [2.45, 2.75) is 44.6 Å². The minimum atomic E-state index is -0.734. The quantitative estimate of drug-likeness (QED) is 0.804. The maximum absolute atomic E-state index is 12.1. The predicted molar refractivity (Wildman–Crippen MR) is 66.3 cm³/mol. The van der Waals surface area contributed by atoms with E-state index in [-0.39, 0.29) is 17.7 Å². The first-order valence-corrected chi connectivity index (χ1v) is 6.60. The van der Waals surface area contributed by atoms with Gasteiger partial charge in [0.2, 0.25) is 5.75 Å². The van der Waals surface area contributed by atoms with Crippen molar-refractivity contribution in [3.8, 4) is 5.75 Å². The summed E-state index contributed by atoms with van der Waals surface area (Å²) in [6, 6.07) is 0. The highest BCUT2D eigenvalue weighted by molar-refractivity contribution is 5.90. The molecule has 1 spiro atoms. The first-order valence-electron chi connectivity index (χ1n) is 6.60. The first-order chi connectivity index (χ1) is 9.09. The Labute approximate surface area is 110 Å². The zero-order chi connectivity index (χ0) is 13.6. The molecule has 2 heterocycles. The molecule has 1 N–H and O–H groups in total. The van der Waals surface area contributed by atoms with Crippen molar-refractivity contribution >= 4 is 5.97 Å². The molecule has 2 aliphatic rings. The van der Waals surface area contributed by atoms with Gasteiger partial charge in [-0.3, -0.25) is 9.36 Å². The molecule has 6 heteroatoms. The summed E-state index contributed by atoms with van der Waals surface area (Å²) in [5, 5.41) is 9.84. The van der Waals surface area contributed by atoms with Gasteiger partial charge < -0.3 is 9.84 Å². The number of carbonyl (C=O) groups is 1. The average Bonchev–Trinajstić information content (AvgIpc) is 3.15. The van der Waals surface area contributed by atoms with E-state index in [1.807, 2.05) is 0 Å². The Bertz CT molecular complexity index is 601. The van der Waals surface area contributed by atoms with Crippen LogP contribution in [0.1, 0.15) is 48.9 Å². The highest BCUT2D eigenvalue weighted by Crippen LogP contribution is 2.52. The van der Waals surface area contributed by atoms with Crippen molar-refractivity contribution in [3.05, 3.63) is 21.9 Å². The average molecular weight is 264 g/mol. The van der Waals surface area contributed by atoms with Crippen LogP contribution in [0.4, 0.5) is 0 Å². The first kappa shape index (κ1) is 12.2. The van der Waals surface area contributed by atoms with E-state index in [0.29, 0.717) is 12.4 Å². The van der Waals surface area contributed by atoms with Crippen LogP contribution in [0.2, 0.25) is 0 Å². The Morgan fingerprint density at radius 3 is 2.84 bits per heavy atom. The molecule has 1 saturated carbocycles. The van der Waals surface area contributed by atoms with Gasteiger partial charge in [-0.2, -0.15) is 0 Å². The van der Waals surface area contributed by atoms with Gasteiger partial charge in [-0.15, -0.1) is 0 Å². The van der Waals surface area contributed by atoms with Crippen molar-refractivity contribution in [1.82, 2.24) is 9.55 Å². The highest BCUT2D eigenvalue weighted by Gasteiger charge is 2.49. The van der Waals surface area contributed by atoms with Gasteiger partial charge in [-0.1, -0.05) is 0 Å². The molecule has 0 aromatic carbocycles. The molecule has 1 aromatic rings. The van der Waals surface area contributed by atoms with Gasteiger partial charge >= 0.3 is 5.97 Å². The number of nitrogens with zero attached hydrogens (tertiary/aromatic N) is 2. The van der Waals surface area contributed by atoms with Gasteiger partial charge in [0, 0.05) is 12.0 Å². The maximum atomic E-state index is 12.1. The van der Waals surface area contributed by atoms with Gasteiger partial charge in [0.15, 0.2) is 5.69 Å². The lowest BCUT2D eigenvalue weighted by Crippen LogP contribution is -2.35. The van der Waals surface area contributed by atoms with E-state index >= 15 is 0 Å². The lowest BCUT2D eigenvalue weighted by Gasteiger charge is -2.25. The van der Waals surface area contributed by atoms with Crippen LogP contribution in [0, 0.1) is 0 Å². The Kier molecular flexibility index (Phi) is 2.62. The number of esters is 1. The smallest absolute Gasteiger partial charge is 0.361 e. The van der Waals surface area contributed by atoms with E-state index in [9.17, 15) is 14.7 Å². The topological polar surface area (TPSA) is 81.4 Å². The molecule has 102 valence electrons. The van der Waals surface area contributed by atoms with E-state index in [4.69, 9.17) is 4.74 Å². The fraction of sp³-hybridized carbons (Fsp3) is 0.615. The minimum absolute atomic E-state index is 0.0493. The van der Waals surface area contributed by atoms with Gasteiger partial charge in [-0.25, -0.2) is 9.78 Å². The van der Waals surface area contributed by atoms with Crippen LogP contribution in [-0.4, -0.2) is 27.2 Å². The molecule has 3 rings (SSSR count). The highest BCUT2D eigenvalue weighted by atomic mass is 16.5. The molecule has 0 radical (unpaired) electrons. The summed E-state index contributed by atoms with van der Waals surface area (Å²) >= 11 is 0. The number of ether oxygens (including phenoxy) is 1. The maximum Gasteiger partial charge on any atom is 0.361 e. The van der Waals surface area contributed by atoms with Gasteiger partial charge in [0.1, 0.15) is 5.82 Å². The van der Waals surface area contributed by atoms with E-state index in [0.717, 1.165) is 25.7 Å². The monoisotopic (exact) mass is 264 g/mol. The molecule has 0 atom stereocenters. The summed E-state index contributed by atoms with van der Waals surface area (Å²) in [5.41, 5.74) is -0.822. The van der Waals surface area contributed by atoms with Crippen molar-refractivity contribution in [3.63, 3.8) is 0 Å². The minimum Gasteiger partial charge on any atom is -0.501 e. The Morgan fingerprint density at radius 2 is 2.21 bits per heavy atom. The summed E-state index contributed by atoms with van der Waals surface area (Å²) in [5.74, 6) is -0.689. The number of aromatic nitrogens is 2. The van der Waals surface area contributed by atoms with Gasteiger partial charge in [0.05, 0.1) is 6.61 Å². The van der Waals surface area contributed by atoms with Crippen molar-refractivity contribution in [1.29, 1.82) is 0 Å². The third-order valence-corrected chi connectivity index (χ3v) is 3.98. The molecule has 1 aromatic heterocycles. The Hall–Kier alpha value is -1.85. The van der Waals surface area contributed by atoms with E-state index in [1.165, 1.54) is 4.57 Å². The molecule has 1 aliphatic carbocycles. The summed E-state index contributed by atoms with van der Waals surface area (Å²) in [6.45, 7) is 2.41. The zero-order valence-corrected chi connectivity index (χ0v) is 10.8. The molecular weight excluding hydrogens is 248 g/mol. The van der Waals surface area contributed by atoms with Crippen LogP contribution < -0.4 is 5.56 Å². The Balaban J connectivity index is 2.16. The van der Waals surface area contributed by atoms with Crippen molar-refractivity contribution in [2.75, 3.05) is 6.61 Å². The Morgan fingerprint density at radius 1 is 1.47 bits per heavy atom. The summed E-state index contributed by atoms with van der Waals surface area (Å²) in [6.07, 6.45) is 3.89. The number of fused-ring (bicyclic) bond motifs is 2. The van der Waals surface area contributed by atoms with Crippen LogP contribution in [0.15, 0.2) is 4.79 Å². The van der Waals surface area contributed by atoms with Crippen LogP contribution in [0.25, 0.3) is 0 Å². The summed E-state index contributed by atoms with van der Waals surface area (Å²) in [4.78, 5) is 28.1.